The van der Waals surface area contributed by atoms with E-state index >= 15 is 0 Å². The standard InChI is InChI=1S/C20H29ClFN5O5/c1-11(2)8-15(19(30)26-27(12(3)18(23)29)20(31)17(21)22)25-16(28)10-24-13-6-5-7-14(9-13)32-4/h5-7,9,11-12,15,17,24H,8,10H2,1-4H3,(H2,23,29)(H,25,28)(H,26,30)/t12?,15-,17?/m0/s1. The van der Waals surface area contributed by atoms with Crippen LogP contribution in [0.5, 0.6) is 5.75 Å². The SMILES string of the molecule is COc1cccc(NCC(=O)N[C@@H](CC(C)C)C(=O)NN(C(=O)C(F)Cl)C(C)C(N)=O)c1. The van der Waals surface area contributed by atoms with Crippen LogP contribution in [0.15, 0.2) is 24.3 Å². The van der Waals surface area contributed by atoms with Crippen molar-refractivity contribution in [1.82, 2.24) is 15.8 Å². The molecule has 1 aromatic carbocycles. The lowest BCUT2D eigenvalue weighted by Gasteiger charge is -2.30. The van der Waals surface area contributed by atoms with Gasteiger partial charge in [0.1, 0.15) is 17.8 Å². The van der Waals surface area contributed by atoms with Gasteiger partial charge >= 0.3 is 0 Å². The molecule has 0 aromatic heterocycles. The van der Waals surface area contributed by atoms with Gasteiger partial charge in [0, 0.05) is 11.8 Å². The predicted octanol–water partition coefficient (Wildman–Crippen LogP) is 0.906. The minimum absolute atomic E-state index is 0.0166. The predicted molar refractivity (Wildman–Crippen MR) is 117 cm³/mol. The fourth-order valence-corrected chi connectivity index (χ4v) is 2.74. The number of anilines is 1. The molecule has 2 unspecified atom stereocenters. The van der Waals surface area contributed by atoms with E-state index in [1.807, 2.05) is 13.8 Å². The Labute approximate surface area is 190 Å². The summed E-state index contributed by atoms with van der Waals surface area (Å²) in [5, 5.41) is 5.90. The van der Waals surface area contributed by atoms with Crippen molar-refractivity contribution in [3.05, 3.63) is 24.3 Å². The van der Waals surface area contributed by atoms with Gasteiger partial charge in [-0.3, -0.25) is 24.6 Å². The summed E-state index contributed by atoms with van der Waals surface area (Å²) >= 11 is 5.18. The Hall–Kier alpha value is -3.08. The molecule has 0 spiro atoms. The molecular formula is C20H29ClFN5O5. The van der Waals surface area contributed by atoms with Crippen molar-refractivity contribution in [2.45, 2.75) is 44.9 Å². The van der Waals surface area contributed by atoms with Gasteiger partial charge in [0.05, 0.1) is 13.7 Å². The lowest BCUT2D eigenvalue weighted by Crippen LogP contribution is -2.60. The summed E-state index contributed by atoms with van der Waals surface area (Å²) in [6.07, 6.45) is 0.212. The number of nitrogens with two attached hydrogens (primary N) is 1. The van der Waals surface area contributed by atoms with Crippen LogP contribution in [0.1, 0.15) is 27.2 Å². The van der Waals surface area contributed by atoms with Crippen molar-refractivity contribution in [3.63, 3.8) is 0 Å². The summed E-state index contributed by atoms with van der Waals surface area (Å²) in [7, 11) is 1.52. The van der Waals surface area contributed by atoms with E-state index < -0.39 is 41.3 Å². The van der Waals surface area contributed by atoms with Crippen molar-refractivity contribution < 1.29 is 28.3 Å². The van der Waals surface area contributed by atoms with Crippen LogP contribution in [-0.4, -0.2) is 60.0 Å². The number of carbonyl (C=O) groups excluding carboxylic acids is 4. The highest BCUT2D eigenvalue weighted by Gasteiger charge is 2.33. The quantitative estimate of drug-likeness (QED) is 0.278. The van der Waals surface area contributed by atoms with Crippen molar-refractivity contribution in [1.29, 1.82) is 0 Å². The Morgan fingerprint density at radius 2 is 1.88 bits per heavy atom. The fraction of sp³-hybridized carbons (Fsp3) is 0.500. The van der Waals surface area contributed by atoms with E-state index in [-0.39, 0.29) is 18.9 Å². The van der Waals surface area contributed by atoms with Gasteiger partial charge in [0.25, 0.3) is 17.4 Å². The van der Waals surface area contributed by atoms with E-state index in [4.69, 9.17) is 22.1 Å². The Bertz CT molecular complexity index is 823. The number of methoxy groups -OCH3 is 1. The first-order valence-corrected chi connectivity index (χ1v) is 10.3. The van der Waals surface area contributed by atoms with Gasteiger partial charge in [-0.05, 0) is 31.4 Å². The molecule has 10 nitrogen and oxygen atoms in total. The van der Waals surface area contributed by atoms with E-state index in [0.29, 0.717) is 16.4 Å². The number of ether oxygens (including phenoxy) is 1. The molecule has 178 valence electrons. The number of rotatable bonds is 11. The van der Waals surface area contributed by atoms with Gasteiger partial charge in [0.15, 0.2) is 0 Å². The monoisotopic (exact) mass is 473 g/mol. The van der Waals surface area contributed by atoms with Gasteiger partial charge in [-0.15, -0.1) is 0 Å². The lowest BCUT2D eigenvalue weighted by molar-refractivity contribution is -0.150. The molecule has 0 saturated carbocycles. The van der Waals surface area contributed by atoms with Crippen molar-refractivity contribution in [3.8, 4) is 5.75 Å². The molecule has 0 aliphatic carbocycles. The Balaban J connectivity index is 2.88. The Morgan fingerprint density at radius 3 is 2.41 bits per heavy atom. The topological polar surface area (TPSA) is 143 Å². The second kappa shape index (κ2) is 12.7. The number of nitrogens with one attached hydrogen (secondary N) is 3. The first kappa shape index (κ1) is 27.0. The Kier molecular flexibility index (Phi) is 10.7. The zero-order chi connectivity index (χ0) is 24.4. The first-order chi connectivity index (χ1) is 15.0. The molecule has 0 radical (unpaired) electrons. The van der Waals surface area contributed by atoms with E-state index in [9.17, 15) is 23.6 Å². The maximum Gasteiger partial charge on any atom is 0.291 e. The molecule has 1 aromatic rings. The third-order valence-electron chi connectivity index (χ3n) is 4.34. The minimum atomic E-state index is -2.50. The van der Waals surface area contributed by atoms with E-state index in [1.165, 1.54) is 14.0 Å². The second-order valence-corrected chi connectivity index (χ2v) is 7.78. The van der Waals surface area contributed by atoms with Crippen LogP contribution >= 0.6 is 11.6 Å². The van der Waals surface area contributed by atoms with Crippen molar-refractivity contribution in [2.24, 2.45) is 11.7 Å². The number of alkyl halides is 2. The number of carbonyl (C=O) groups is 4. The average molecular weight is 474 g/mol. The summed E-state index contributed by atoms with van der Waals surface area (Å²) in [5.41, 5.74) is 5.45. The highest BCUT2D eigenvalue weighted by molar-refractivity contribution is 6.29. The third-order valence-corrected chi connectivity index (χ3v) is 4.52. The van der Waals surface area contributed by atoms with Gasteiger partial charge in [0.2, 0.25) is 11.8 Å². The summed E-state index contributed by atoms with van der Waals surface area (Å²) in [5.74, 6) is -3.09. The first-order valence-electron chi connectivity index (χ1n) is 9.84. The smallest absolute Gasteiger partial charge is 0.291 e. The van der Waals surface area contributed by atoms with E-state index in [2.05, 4.69) is 16.1 Å². The summed E-state index contributed by atoms with van der Waals surface area (Å²) in [6.45, 7) is 4.70. The largest absolute Gasteiger partial charge is 0.497 e. The maximum atomic E-state index is 13.3. The molecule has 0 aliphatic rings. The number of nitrogens with zero attached hydrogens (tertiary/aromatic N) is 1. The number of amides is 4. The molecular weight excluding hydrogens is 445 g/mol. The molecule has 5 N–H and O–H groups in total. The van der Waals surface area contributed by atoms with E-state index in [0.717, 1.165) is 0 Å². The molecule has 32 heavy (non-hydrogen) atoms. The molecule has 0 fully saturated rings. The third kappa shape index (κ3) is 8.58. The van der Waals surface area contributed by atoms with Gasteiger partial charge in [-0.2, -0.15) is 0 Å². The van der Waals surface area contributed by atoms with Crippen LogP contribution in [0.25, 0.3) is 0 Å². The van der Waals surface area contributed by atoms with Crippen LogP contribution in [-0.2, 0) is 19.2 Å². The Morgan fingerprint density at radius 1 is 1.22 bits per heavy atom. The second-order valence-electron chi connectivity index (χ2n) is 7.40. The lowest BCUT2D eigenvalue weighted by atomic mass is 10.0. The number of hydrazine groups is 1. The van der Waals surface area contributed by atoms with Crippen LogP contribution in [0.2, 0.25) is 0 Å². The number of hydrogen-bond acceptors (Lipinski definition) is 6. The summed E-state index contributed by atoms with van der Waals surface area (Å²) in [4.78, 5) is 48.6. The molecule has 0 heterocycles. The minimum Gasteiger partial charge on any atom is -0.497 e. The molecule has 0 bridgehead atoms. The maximum absolute atomic E-state index is 13.3. The highest BCUT2D eigenvalue weighted by atomic mass is 35.5. The fourth-order valence-electron chi connectivity index (χ4n) is 2.64. The zero-order valence-corrected chi connectivity index (χ0v) is 19.1. The number of halogens is 2. The molecule has 4 amide bonds. The number of benzene rings is 1. The van der Waals surface area contributed by atoms with Gasteiger partial charge < -0.3 is 21.1 Å². The highest BCUT2D eigenvalue weighted by Crippen LogP contribution is 2.16. The molecule has 3 atom stereocenters. The van der Waals surface area contributed by atoms with Crippen LogP contribution in [0, 0.1) is 5.92 Å². The molecule has 12 heteroatoms. The van der Waals surface area contributed by atoms with Crippen LogP contribution in [0.4, 0.5) is 10.1 Å². The molecule has 0 aliphatic heterocycles. The van der Waals surface area contributed by atoms with Crippen LogP contribution < -0.4 is 26.5 Å². The zero-order valence-electron chi connectivity index (χ0n) is 18.4. The normalized spacial score (nSPS) is 13.5. The van der Waals surface area contributed by atoms with Gasteiger partial charge in [-0.25, -0.2) is 9.40 Å². The summed E-state index contributed by atoms with van der Waals surface area (Å²) in [6, 6.07) is 4.49. The van der Waals surface area contributed by atoms with Crippen molar-refractivity contribution >= 4 is 40.9 Å². The van der Waals surface area contributed by atoms with Crippen LogP contribution in [0.3, 0.4) is 0 Å². The number of hydrogen-bond donors (Lipinski definition) is 4. The van der Waals surface area contributed by atoms with Gasteiger partial charge in [-0.1, -0.05) is 31.5 Å². The average Bonchev–Trinajstić information content (AvgIpc) is 2.74. The van der Waals surface area contributed by atoms with Crippen molar-refractivity contribution in [2.75, 3.05) is 19.0 Å². The summed E-state index contributed by atoms with van der Waals surface area (Å²) < 4.78 is 18.5. The number of primary amides is 1. The molecule has 0 saturated heterocycles. The molecule has 1 rings (SSSR count). The van der Waals surface area contributed by atoms with E-state index in [1.54, 1.807) is 24.3 Å².